The quantitative estimate of drug-likeness (QED) is 0.384. The largest absolute Gasteiger partial charge is 0.203 e. The van der Waals surface area contributed by atoms with Gasteiger partial charge in [-0.2, -0.15) is 5.10 Å². The van der Waals surface area contributed by atoms with E-state index < -0.39 is 34.0 Å². The fraction of sp³-hybridized carbons (Fsp3) is 0. The van der Waals surface area contributed by atoms with E-state index >= 15 is 0 Å². The van der Waals surface area contributed by atoms with Crippen molar-refractivity contribution >= 4 is 22.1 Å². The van der Waals surface area contributed by atoms with Crippen molar-refractivity contribution in [3.63, 3.8) is 0 Å². The van der Waals surface area contributed by atoms with Crippen LogP contribution in [0.5, 0.6) is 0 Å². The number of nitrogens with zero attached hydrogens (tertiary/aromatic N) is 2. The molecule has 2 aromatic heterocycles. The minimum Gasteiger partial charge on any atom is -0.203 e. The van der Waals surface area contributed by atoms with Gasteiger partial charge in [0.2, 0.25) is 0 Å². The minimum absolute atomic E-state index is 0.0113. The molecule has 2 heterocycles. The van der Waals surface area contributed by atoms with Crippen LogP contribution in [0, 0.1) is 23.3 Å². The normalized spacial score (nSPS) is 11.2. The molecule has 0 radical (unpaired) electrons. The third-order valence-electron chi connectivity index (χ3n) is 2.64. The maximum absolute atomic E-state index is 13.8. The van der Waals surface area contributed by atoms with Gasteiger partial charge in [0.05, 0.1) is 16.5 Å². The summed E-state index contributed by atoms with van der Waals surface area (Å²) in [6, 6.07) is 3.28. The van der Waals surface area contributed by atoms with Gasteiger partial charge in [0, 0.05) is 5.39 Å². The van der Waals surface area contributed by atoms with Crippen LogP contribution in [0.15, 0.2) is 23.7 Å². The van der Waals surface area contributed by atoms with Gasteiger partial charge in [-0.25, -0.2) is 17.6 Å². The van der Waals surface area contributed by atoms with Crippen LogP contribution in [0.25, 0.3) is 21.3 Å². The zero-order valence-electron chi connectivity index (χ0n) is 9.12. The maximum atomic E-state index is 13.8. The van der Waals surface area contributed by atoms with E-state index in [0.717, 1.165) is 6.20 Å². The molecule has 0 unspecified atom stereocenters. The Labute approximate surface area is 108 Å². The van der Waals surface area contributed by atoms with E-state index in [2.05, 4.69) is 10.2 Å². The predicted octanol–water partition coefficient (Wildman–Crippen LogP) is 3.91. The van der Waals surface area contributed by atoms with Crippen molar-refractivity contribution in [1.29, 1.82) is 0 Å². The van der Waals surface area contributed by atoms with Crippen LogP contribution in [-0.2, 0) is 0 Å². The van der Waals surface area contributed by atoms with Crippen molar-refractivity contribution in [1.82, 2.24) is 10.2 Å². The highest BCUT2D eigenvalue weighted by molar-refractivity contribution is 7.13. The topological polar surface area (TPSA) is 25.8 Å². The van der Waals surface area contributed by atoms with Gasteiger partial charge < -0.3 is 0 Å². The summed E-state index contributed by atoms with van der Waals surface area (Å²) in [6.07, 6.45) is 0.868. The van der Waals surface area contributed by atoms with Crippen molar-refractivity contribution in [2.75, 3.05) is 0 Å². The second kappa shape index (κ2) is 4.27. The Balaban J connectivity index is 2.50. The summed E-state index contributed by atoms with van der Waals surface area (Å²) >= 11 is 1.21. The zero-order valence-corrected chi connectivity index (χ0v) is 9.94. The van der Waals surface area contributed by atoms with Crippen LogP contribution < -0.4 is 0 Å². The number of aromatic nitrogens is 2. The summed E-state index contributed by atoms with van der Waals surface area (Å²) in [6.45, 7) is 0. The fourth-order valence-corrected chi connectivity index (χ4v) is 2.50. The third-order valence-corrected chi connectivity index (χ3v) is 3.52. The Kier molecular flexibility index (Phi) is 2.70. The molecule has 7 heteroatoms. The molecule has 19 heavy (non-hydrogen) atoms. The summed E-state index contributed by atoms with van der Waals surface area (Å²) < 4.78 is 53.9. The van der Waals surface area contributed by atoms with Gasteiger partial charge in [0.25, 0.3) is 0 Å². The third kappa shape index (κ3) is 1.69. The van der Waals surface area contributed by atoms with Gasteiger partial charge >= 0.3 is 0 Å². The second-order valence-corrected chi connectivity index (χ2v) is 4.66. The lowest BCUT2D eigenvalue weighted by Crippen LogP contribution is -2.01. The summed E-state index contributed by atoms with van der Waals surface area (Å²) in [7, 11) is 0. The van der Waals surface area contributed by atoms with Crippen LogP contribution in [0.1, 0.15) is 0 Å². The van der Waals surface area contributed by atoms with Gasteiger partial charge in [-0.05, 0) is 11.4 Å². The monoisotopic (exact) mass is 284 g/mol. The average molecular weight is 284 g/mol. The summed E-state index contributed by atoms with van der Waals surface area (Å²) in [4.78, 5) is 0.488. The van der Waals surface area contributed by atoms with Gasteiger partial charge in [-0.15, -0.1) is 16.4 Å². The molecule has 0 aliphatic rings. The van der Waals surface area contributed by atoms with E-state index in [1.165, 1.54) is 11.3 Å². The lowest BCUT2D eigenvalue weighted by atomic mass is 10.1. The first-order valence-electron chi connectivity index (χ1n) is 5.12. The van der Waals surface area contributed by atoms with E-state index in [9.17, 15) is 17.6 Å². The molecule has 0 bridgehead atoms. The number of fused-ring (bicyclic) bond motifs is 1. The van der Waals surface area contributed by atoms with Gasteiger partial charge in [0.15, 0.2) is 23.3 Å². The Hall–Kier alpha value is -2.02. The molecule has 3 aromatic rings. The van der Waals surface area contributed by atoms with Crippen molar-refractivity contribution < 1.29 is 17.6 Å². The SMILES string of the molecule is Fc1c(F)c(F)c2c(-c3cccs3)nncc2c1F. The Morgan fingerprint density at radius 1 is 0.947 bits per heavy atom. The van der Waals surface area contributed by atoms with Crippen LogP contribution in [0.2, 0.25) is 0 Å². The molecule has 0 fully saturated rings. The number of hydrogen-bond donors (Lipinski definition) is 0. The van der Waals surface area contributed by atoms with E-state index in [0.29, 0.717) is 4.88 Å². The molecule has 0 aliphatic carbocycles. The zero-order chi connectivity index (χ0) is 13.6. The standard InChI is InChI=1S/C12H4F4N2S/c13-8-5-4-17-18-12(6-2-1-3-19-6)7(5)9(14)11(16)10(8)15/h1-4H. The second-order valence-electron chi connectivity index (χ2n) is 3.72. The number of hydrogen-bond acceptors (Lipinski definition) is 3. The van der Waals surface area contributed by atoms with E-state index in [4.69, 9.17) is 0 Å². The van der Waals surface area contributed by atoms with Crippen molar-refractivity contribution in [2.45, 2.75) is 0 Å². The molecular weight excluding hydrogens is 280 g/mol. The smallest absolute Gasteiger partial charge is 0.198 e. The number of halogens is 4. The van der Waals surface area contributed by atoms with Gasteiger partial charge in [-0.3, -0.25) is 0 Å². The highest BCUT2D eigenvalue weighted by atomic mass is 32.1. The maximum Gasteiger partial charge on any atom is 0.198 e. The van der Waals surface area contributed by atoms with Crippen molar-refractivity contribution in [3.05, 3.63) is 47.0 Å². The van der Waals surface area contributed by atoms with Crippen LogP contribution in [0.4, 0.5) is 17.6 Å². The van der Waals surface area contributed by atoms with E-state index in [-0.39, 0.29) is 5.69 Å². The molecule has 0 N–H and O–H groups in total. The van der Waals surface area contributed by atoms with Crippen LogP contribution in [0.3, 0.4) is 0 Å². The first-order chi connectivity index (χ1) is 9.11. The molecule has 96 valence electrons. The molecular formula is C12H4F4N2S. The molecule has 1 aromatic carbocycles. The summed E-state index contributed by atoms with van der Waals surface area (Å²) in [5.41, 5.74) is -0.0113. The first-order valence-corrected chi connectivity index (χ1v) is 6.00. The van der Waals surface area contributed by atoms with Gasteiger partial charge in [-0.1, -0.05) is 6.07 Å². The highest BCUT2D eigenvalue weighted by Crippen LogP contribution is 2.34. The molecule has 0 saturated carbocycles. The lowest BCUT2D eigenvalue weighted by Gasteiger charge is -2.07. The summed E-state index contributed by atoms with van der Waals surface area (Å²) in [5.74, 6) is -6.64. The van der Waals surface area contributed by atoms with Crippen LogP contribution >= 0.6 is 11.3 Å². The fourth-order valence-electron chi connectivity index (χ4n) is 1.78. The Bertz CT molecular complexity index is 771. The molecule has 2 nitrogen and oxygen atoms in total. The van der Waals surface area contributed by atoms with Crippen molar-refractivity contribution in [2.24, 2.45) is 0 Å². The molecule has 3 rings (SSSR count). The minimum atomic E-state index is -1.85. The molecule has 0 amide bonds. The van der Waals surface area contributed by atoms with E-state index in [1.807, 2.05) is 0 Å². The number of benzene rings is 1. The van der Waals surface area contributed by atoms with Crippen molar-refractivity contribution in [3.8, 4) is 10.6 Å². The molecule has 0 atom stereocenters. The van der Waals surface area contributed by atoms with Gasteiger partial charge in [0.1, 0.15) is 5.69 Å². The summed E-state index contributed by atoms with van der Waals surface area (Å²) in [5, 5.41) is 8.04. The predicted molar refractivity (Wildman–Crippen MR) is 62.7 cm³/mol. The lowest BCUT2D eigenvalue weighted by molar-refractivity contribution is 0.418. The Morgan fingerprint density at radius 2 is 1.68 bits per heavy atom. The Morgan fingerprint density at radius 3 is 2.37 bits per heavy atom. The average Bonchev–Trinajstić information content (AvgIpc) is 2.96. The molecule has 0 saturated heterocycles. The molecule has 0 spiro atoms. The molecule has 0 aliphatic heterocycles. The van der Waals surface area contributed by atoms with E-state index in [1.54, 1.807) is 17.5 Å². The number of thiophene rings is 1. The highest BCUT2D eigenvalue weighted by Gasteiger charge is 2.24. The first kappa shape index (κ1) is 12.0. The van der Waals surface area contributed by atoms with Crippen LogP contribution in [-0.4, -0.2) is 10.2 Å². The number of rotatable bonds is 1.